The molecule has 0 amide bonds. The van der Waals surface area contributed by atoms with E-state index in [0.29, 0.717) is 5.92 Å². The summed E-state index contributed by atoms with van der Waals surface area (Å²) in [5.74, 6) is 1.34. The number of aryl methyl sites for hydroxylation is 1. The maximum Gasteiger partial charge on any atom is 0.123 e. The predicted octanol–water partition coefficient (Wildman–Crippen LogP) is 1.63. The van der Waals surface area contributed by atoms with Crippen LogP contribution in [0, 0.1) is 5.92 Å². The van der Waals surface area contributed by atoms with Crippen molar-refractivity contribution < 1.29 is 0 Å². The first kappa shape index (κ1) is 9.26. The predicted molar refractivity (Wildman–Crippen MR) is 49.7 cm³/mol. The number of imidazole rings is 1. The molecule has 0 aromatic carbocycles. The third-order valence-electron chi connectivity index (χ3n) is 2.06. The molecule has 0 aliphatic heterocycles. The highest BCUT2D eigenvalue weighted by Crippen LogP contribution is 2.15. The lowest BCUT2D eigenvalue weighted by atomic mass is 10.1. The quantitative estimate of drug-likeness (QED) is 0.718. The second-order valence-corrected chi connectivity index (χ2v) is 3.42. The number of nitrogens with one attached hydrogen (secondary N) is 1. The van der Waals surface area contributed by atoms with E-state index in [1.165, 1.54) is 0 Å². The summed E-state index contributed by atoms with van der Waals surface area (Å²) in [6.07, 6.45) is 2.84. The standard InChI is InChI=1S/C9H17N3/c1-4-7-5-11-9(12-7)8(10)6(2)3/h5-6,8H,4,10H2,1-3H3,(H,11,12). The van der Waals surface area contributed by atoms with E-state index in [4.69, 9.17) is 5.73 Å². The van der Waals surface area contributed by atoms with Crippen LogP contribution in [0.4, 0.5) is 0 Å². The molecule has 0 fully saturated rings. The molecule has 3 N–H and O–H groups in total. The monoisotopic (exact) mass is 167 g/mol. The molecule has 1 heterocycles. The molecule has 12 heavy (non-hydrogen) atoms. The third kappa shape index (κ3) is 1.85. The van der Waals surface area contributed by atoms with Gasteiger partial charge >= 0.3 is 0 Å². The number of H-pyrrole nitrogens is 1. The van der Waals surface area contributed by atoms with Gasteiger partial charge in [-0.3, -0.25) is 0 Å². The molecule has 68 valence electrons. The zero-order valence-electron chi connectivity index (χ0n) is 7.96. The van der Waals surface area contributed by atoms with Crippen molar-refractivity contribution >= 4 is 0 Å². The third-order valence-corrected chi connectivity index (χ3v) is 2.06. The fourth-order valence-electron chi connectivity index (χ4n) is 1.04. The summed E-state index contributed by atoms with van der Waals surface area (Å²) >= 11 is 0. The smallest absolute Gasteiger partial charge is 0.123 e. The Bertz CT molecular complexity index is 240. The highest BCUT2D eigenvalue weighted by atomic mass is 15.0. The fraction of sp³-hybridized carbons (Fsp3) is 0.667. The number of hydrogen-bond donors (Lipinski definition) is 2. The van der Waals surface area contributed by atoms with E-state index in [1.807, 2.05) is 6.20 Å². The maximum atomic E-state index is 5.91. The molecule has 3 heteroatoms. The molecule has 1 atom stereocenters. The van der Waals surface area contributed by atoms with Crippen LogP contribution >= 0.6 is 0 Å². The fourth-order valence-corrected chi connectivity index (χ4v) is 1.04. The summed E-state index contributed by atoms with van der Waals surface area (Å²) in [7, 11) is 0. The van der Waals surface area contributed by atoms with Gasteiger partial charge in [-0.05, 0) is 12.3 Å². The SMILES string of the molecule is CCc1cnc(C(N)C(C)C)[nH]1. The van der Waals surface area contributed by atoms with Gasteiger partial charge in [0.2, 0.25) is 0 Å². The summed E-state index contributed by atoms with van der Waals surface area (Å²) < 4.78 is 0. The summed E-state index contributed by atoms with van der Waals surface area (Å²) in [4.78, 5) is 7.44. The summed E-state index contributed by atoms with van der Waals surface area (Å²) in [6.45, 7) is 6.29. The minimum absolute atomic E-state index is 0.0327. The summed E-state index contributed by atoms with van der Waals surface area (Å²) in [6, 6.07) is 0.0327. The molecule has 1 aromatic heterocycles. The average molecular weight is 167 g/mol. The molecule has 0 aliphatic carbocycles. The van der Waals surface area contributed by atoms with Crippen LogP contribution in [0.1, 0.15) is 38.3 Å². The van der Waals surface area contributed by atoms with Gasteiger partial charge in [0.05, 0.1) is 6.04 Å². The van der Waals surface area contributed by atoms with Crippen LogP contribution in [-0.2, 0) is 6.42 Å². The van der Waals surface area contributed by atoms with Gasteiger partial charge in [-0.2, -0.15) is 0 Å². The number of aromatic nitrogens is 2. The van der Waals surface area contributed by atoms with E-state index in [-0.39, 0.29) is 6.04 Å². The number of nitrogens with zero attached hydrogens (tertiary/aromatic N) is 1. The highest BCUT2D eigenvalue weighted by molar-refractivity contribution is 5.04. The normalized spacial score (nSPS) is 13.8. The lowest BCUT2D eigenvalue weighted by Crippen LogP contribution is -2.18. The molecule has 0 aliphatic rings. The molecule has 3 nitrogen and oxygen atoms in total. The van der Waals surface area contributed by atoms with Crippen LogP contribution in [0.3, 0.4) is 0 Å². The van der Waals surface area contributed by atoms with Gasteiger partial charge in [-0.1, -0.05) is 20.8 Å². The Labute approximate surface area is 73.4 Å². The molecular weight excluding hydrogens is 150 g/mol. The largest absolute Gasteiger partial charge is 0.345 e. The van der Waals surface area contributed by atoms with Gasteiger partial charge in [-0.15, -0.1) is 0 Å². The Morgan fingerprint density at radius 1 is 1.58 bits per heavy atom. The van der Waals surface area contributed by atoms with E-state index in [0.717, 1.165) is 17.9 Å². The van der Waals surface area contributed by atoms with Crippen molar-refractivity contribution in [1.82, 2.24) is 9.97 Å². The Hall–Kier alpha value is -0.830. The Morgan fingerprint density at radius 2 is 2.25 bits per heavy atom. The first-order valence-electron chi connectivity index (χ1n) is 4.44. The van der Waals surface area contributed by atoms with Crippen molar-refractivity contribution in [2.75, 3.05) is 0 Å². The minimum atomic E-state index is 0.0327. The van der Waals surface area contributed by atoms with Crippen LogP contribution in [0.2, 0.25) is 0 Å². The van der Waals surface area contributed by atoms with Gasteiger partial charge < -0.3 is 10.7 Å². The lowest BCUT2D eigenvalue weighted by molar-refractivity contribution is 0.493. The van der Waals surface area contributed by atoms with Gasteiger partial charge in [0.25, 0.3) is 0 Å². The number of aromatic amines is 1. The number of hydrogen-bond acceptors (Lipinski definition) is 2. The van der Waals surface area contributed by atoms with E-state index >= 15 is 0 Å². The highest BCUT2D eigenvalue weighted by Gasteiger charge is 2.12. The number of rotatable bonds is 3. The van der Waals surface area contributed by atoms with Crippen molar-refractivity contribution in [1.29, 1.82) is 0 Å². The molecule has 0 saturated carbocycles. The Balaban J connectivity index is 2.74. The van der Waals surface area contributed by atoms with Crippen LogP contribution in [0.25, 0.3) is 0 Å². The van der Waals surface area contributed by atoms with Gasteiger partial charge in [-0.25, -0.2) is 4.98 Å². The van der Waals surface area contributed by atoms with Crippen molar-refractivity contribution in [2.24, 2.45) is 11.7 Å². The Kier molecular flexibility index (Phi) is 2.87. The molecular formula is C9H17N3. The van der Waals surface area contributed by atoms with Gasteiger partial charge in [0, 0.05) is 11.9 Å². The topological polar surface area (TPSA) is 54.7 Å². The lowest BCUT2D eigenvalue weighted by Gasteiger charge is -2.11. The van der Waals surface area contributed by atoms with Crippen LogP contribution < -0.4 is 5.73 Å². The summed E-state index contributed by atoms with van der Waals surface area (Å²) in [5.41, 5.74) is 7.07. The van der Waals surface area contributed by atoms with Crippen LogP contribution in [0.15, 0.2) is 6.20 Å². The number of nitrogens with two attached hydrogens (primary N) is 1. The minimum Gasteiger partial charge on any atom is -0.345 e. The van der Waals surface area contributed by atoms with E-state index in [1.54, 1.807) is 0 Å². The van der Waals surface area contributed by atoms with E-state index in [2.05, 4.69) is 30.7 Å². The molecule has 0 saturated heterocycles. The van der Waals surface area contributed by atoms with Crippen molar-refractivity contribution in [3.63, 3.8) is 0 Å². The molecule has 0 bridgehead atoms. The second-order valence-electron chi connectivity index (χ2n) is 3.42. The van der Waals surface area contributed by atoms with Gasteiger partial charge in [0.1, 0.15) is 5.82 Å². The summed E-state index contributed by atoms with van der Waals surface area (Å²) in [5, 5.41) is 0. The Morgan fingerprint density at radius 3 is 2.67 bits per heavy atom. The van der Waals surface area contributed by atoms with Crippen molar-refractivity contribution in [2.45, 2.75) is 33.2 Å². The van der Waals surface area contributed by atoms with Crippen LogP contribution in [-0.4, -0.2) is 9.97 Å². The molecule has 1 aromatic rings. The molecule has 1 rings (SSSR count). The zero-order chi connectivity index (χ0) is 9.14. The van der Waals surface area contributed by atoms with Crippen LogP contribution in [0.5, 0.6) is 0 Å². The maximum absolute atomic E-state index is 5.91. The molecule has 0 radical (unpaired) electrons. The average Bonchev–Trinajstić information content (AvgIpc) is 2.50. The van der Waals surface area contributed by atoms with Crippen molar-refractivity contribution in [3.05, 3.63) is 17.7 Å². The first-order chi connectivity index (χ1) is 5.65. The van der Waals surface area contributed by atoms with Crippen molar-refractivity contribution in [3.8, 4) is 0 Å². The van der Waals surface area contributed by atoms with E-state index < -0.39 is 0 Å². The molecule has 0 spiro atoms. The first-order valence-corrected chi connectivity index (χ1v) is 4.44. The van der Waals surface area contributed by atoms with E-state index in [9.17, 15) is 0 Å². The van der Waals surface area contributed by atoms with Gasteiger partial charge in [0.15, 0.2) is 0 Å². The second kappa shape index (κ2) is 3.72. The molecule has 1 unspecified atom stereocenters. The zero-order valence-corrected chi connectivity index (χ0v) is 7.96.